The van der Waals surface area contributed by atoms with Crippen molar-refractivity contribution in [3.05, 3.63) is 40.3 Å². The van der Waals surface area contributed by atoms with Crippen LogP contribution in [0.5, 0.6) is 11.8 Å². The number of aromatic nitrogens is 3. The second-order valence-corrected chi connectivity index (χ2v) is 6.32. The summed E-state index contributed by atoms with van der Waals surface area (Å²) in [7, 11) is 4.60. The van der Waals surface area contributed by atoms with Crippen molar-refractivity contribution in [2.24, 2.45) is 7.05 Å². The maximum absolute atomic E-state index is 12.6. The van der Waals surface area contributed by atoms with Gasteiger partial charge in [0.15, 0.2) is 0 Å². The van der Waals surface area contributed by atoms with E-state index in [4.69, 9.17) is 9.47 Å². The number of piperidine rings is 1. The average molecular weight is 373 g/mol. The lowest BCUT2D eigenvalue weighted by atomic mass is 10.0. The summed E-state index contributed by atoms with van der Waals surface area (Å²) in [5, 5.41) is 7.09. The fourth-order valence-corrected chi connectivity index (χ4v) is 3.04. The Bertz CT molecular complexity index is 874. The average Bonchev–Trinajstić information content (AvgIpc) is 2.70. The SMILES string of the molecule is COc1ccc(C(=O)NC2CCN(c3cnn(C)c(=O)c3)CC2)c(OC)n1. The van der Waals surface area contributed by atoms with Gasteiger partial charge in [0, 0.05) is 38.3 Å². The first-order valence-electron chi connectivity index (χ1n) is 8.70. The van der Waals surface area contributed by atoms with Crippen LogP contribution in [0.15, 0.2) is 29.2 Å². The van der Waals surface area contributed by atoms with Crippen LogP contribution in [0.1, 0.15) is 23.2 Å². The molecule has 1 aliphatic rings. The zero-order valence-corrected chi connectivity index (χ0v) is 15.6. The third-order valence-electron chi connectivity index (χ3n) is 4.63. The topological polar surface area (TPSA) is 98.6 Å². The Hall–Kier alpha value is -3.10. The number of carbonyl (C=O) groups is 1. The Labute approximate surface area is 156 Å². The molecule has 0 aromatic carbocycles. The molecule has 3 heterocycles. The van der Waals surface area contributed by atoms with Gasteiger partial charge >= 0.3 is 0 Å². The molecule has 2 aromatic heterocycles. The molecule has 0 atom stereocenters. The number of nitrogens with one attached hydrogen (secondary N) is 1. The molecule has 2 aromatic rings. The Morgan fingerprint density at radius 2 is 1.96 bits per heavy atom. The number of pyridine rings is 1. The first kappa shape index (κ1) is 18.7. The van der Waals surface area contributed by atoms with Gasteiger partial charge in [-0.25, -0.2) is 4.68 Å². The van der Waals surface area contributed by atoms with Crippen molar-refractivity contribution >= 4 is 11.6 Å². The zero-order chi connectivity index (χ0) is 19.4. The first-order chi connectivity index (χ1) is 13.0. The van der Waals surface area contributed by atoms with Crippen LogP contribution in [0.4, 0.5) is 5.69 Å². The van der Waals surface area contributed by atoms with Crippen molar-refractivity contribution in [3.8, 4) is 11.8 Å². The molecule has 0 unspecified atom stereocenters. The molecule has 9 nitrogen and oxygen atoms in total. The van der Waals surface area contributed by atoms with E-state index in [0.29, 0.717) is 11.4 Å². The number of ether oxygens (including phenoxy) is 2. The van der Waals surface area contributed by atoms with Crippen LogP contribution in [0.25, 0.3) is 0 Å². The van der Waals surface area contributed by atoms with Gasteiger partial charge in [0.1, 0.15) is 5.56 Å². The molecule has 1 saturated heterocycles. The summed E-state index contributed by atoms with van der Waals surface area (Å²) in [5.41, 5.74) is 1.04. The molecule has 144 valence electrons. The van der Waals surface area contributed by atoms with E-state index in [-0.39, 0.29) is 23.4 Å². The van der Waals surface area contributed by atoms with Gasteiger partial charge in [0.2, 0.25) is 11.8 Å². The van der Waals surface area contributed by atoms with Crippen LogP contribution in [0, 0.1) is 0 Å². The number of amides is 1. The third-order valence-corrected chi connectivity index (χ3v) is 4.63. The number of anilines is 1. The molecule has 0 radical (unpaired) electrons. The minimum Gasteiger partial charge on any atom is -0.481 e. The van der Waals surface area contributed by atoms with Crippen molar-refractivity contribution in [1.82, 2.24) is 20.1 Å². The quantitative estimate of drug-likeness (QED) is 0.819. The lowest BCUT2D eigenvalue weighted by molar-refractivity contribution is 0.0927. The monoisotopic (exact) mass is 373 g/mol. The van der Waals surface area contributed by atoms with Gasteiger partial charge in [-0.3, -0.25) is 9.59 Å². The third kappa shape index (κ3) is 4.18. The second kappa shape index (κ2) is 8.07. The normalized spacial score (nSPS) is 14.7. The fourth-order valence-electron chi connectivity index (χ4n) is 3.04. The summed E-state index contributed by atoms with van der Waals surface area (Å²) in [5.74, 6) is 0.394. The molecule has 1 aliphatic heterocycles. The Morgan fingerprint density at radius 1 is 1.22 bits per heavy atom. The lowest BCUT2D eigenvalue weighted by Crippen LogP contribution is -2.45. The van der Waals surface area contributed by atoms with Gasteiger partial charge in [0.25, 0.3) is 11.5 Å². The molecule has 1 amide bonds. The summed E-state index contributed by atoms with van der Waals surface area (Å²) < 4.78 is 11.5. The lowest BCUT2D eigenvalue weighted by Gasteiger charge is -2.33. The van der Waals surface area contributed by atoms with Gasteiger partial charge in [-0.2, -0.15) is 10.1 Å². The molecular formula is C18H23N5O4. The number of hydrogen-bond acceptors (Lipinski definition) is 7. The van der Waals surface area contributed by atoms with E-state index in [1.54, 1.807) is 31.4 Å². The second-order valence-electron chi connectivity index (χ2n) is 6.32. The molecule has 0 aliphatic carbocycles. The van der Waals surface area contributed by atoms with E-state index < -0.39 is 0 Å². The number of rotatable bonds is 5. The Balaban J connectivity index is 1.61. The van der Waals surface area contributed by atoms with Crippen LogP contribution in [-0.4, -0.2) is 54.0 Å². The maximum Gasteiger partial charge on any atom is 0.268 e. The molecule has 3 rings (SSSR count). The number of nitrogens with zero attached hydrogens (tertiary/aromatic N) is 4. The minimum atomic E-state index is -0.226. The maximum atomic E-state index is 12.6. The molecule has 0 bridgehead atoms. The summed E-state index contributed by atoms with van der Waals surface area (Å²) in [4.78, 5) is 30.6. The smallest absolute Gasteiger partial charge is 0.268 e. The highest BCUT2D eigenvalue weighted by atomic mass is 16.5. The summed E-state index contributed by atoms with van der Waals surface area (Å²) >= 11 is 0. The van der Waals surface area contributed by atoms with Crippen molar-refractivity contribution in [2.45, 2.75) is 18.9 Å². The van der Waals surface area contributed by atoms with Crippen LogP contribution in [0.3, 0.4) is 0 Å². The number of aryl methyl sites for hydroxylation is 1. The Kier molecular flexibility index (Phi) is 5.58. The predicted molar refractivity (Wildman–Crippen MR) is 99.5 cm³/mol. The largest absolute Gasteiger partial charge is 0.481 e. The van der Waals surface area contributed by atoms with Gasteiger partial charge < -0.3 is 19.7 Å². The molecule has 1 N–H and O–H groups in total. The van der Waals surface area contributed by atoms with Gasteiger partial charge in [-0.05, 0) is 18.9 Å². The fraction of sp³-hybridized carbons (Fsp3) is 0.444. The summed E-state index contributed by atoms with van der Waals surface area (Å²) in [6.07, 6.45) is 3.23. The van der Waals surface area contributed by atoms with Crippen molar-refractivity contribution in [1.29, 1.82) is 0 Å². The molecule has 0 saturated carbocycles. The van der Waals surface area contributed by atoms with E-state index in [0.717, 1.165) is 31.6 Å². The highest BCUT2D eigenvalue weighted by Crippen LogP contribution is 2.21. The number of hydrogen-bond donors (Lipinski definition) is 1. The first-order valence-corrected chi connectivity index (χ1v) is 8.70. The summed E-state index contributed by atoms with van der Waals surface area (Å²) in [6, 6.07) is 4.89. The van der Waals surface area contributed by atoms with Crippen LogP contribution >= 0.6 is 0 Å². The van der Waals surface area contributed by atoms with Gasteiger partial charge in [-0.1, -0.05) is 0 Å². The van der Waals surface area contributed by atoms with E-state index in [1.165, 1.54) is 18.9 Å². The molecule has 1 fully saturated rings. The summed E-state index contributed by atoms with van der Waals surface area (Å²) in [6.45, 7) is 1.47. The van der Waals surface area contributed by atoms with E-state index in [1.807, 2.05) is 0 Å². The van der Waals surface area contributed by atoms with Crippen LogP contribution in [-0.2, 0) is 7.05 Å². The van der Waals surface area contributed by atoms with E-state index in [9.17, 15) is 9.59 Å². The van der Waals surface area contributed by atoms with Crippen LogP contribution < -0.4 is 25.2 Å². The van der Waals surface area contributed by atoms with E-state index in [2.05, 4.69) is 20.3 Å². The van der Waals surface area contributed by atoms with E-state index >= 15 is 0 Å². The highest BCUT2D eigenvalue weighted by Gasteiger charge is 2.23. The Morgan fingerprint density at radius 3 is 2.59 bits per heavy atom. The van der Waals surface area contributed by atoms with Crippen molar-refractivity contribution in [2.75, 3.05) is 32.2 Å². The molecular weight excluding hydrogens is 350 g/mol. The molecule has 9 heteroatoms. The number of methoxy groups -OCH3 is 2. The highest BCUT2D eigenvalue weighted by molar-refractivity contribution is 5.96. The zero-order valence-electron chi connectivity index (χ0n) is 15.6. The van der Waals surface area contributed by atoms with Crippen LogP contribution in [0.2, 0.25) is 0 Å². The van der Waals surface area contributed by atoms with Gasteiger partial charge in [0.05, 0.1) is 26.1 Å². The molecule has 27 heavy (non-hydrogen) atoms. The van der Waals surface area contributed by atoms with Crippen molar-refractivity contribution < 1.29 is 14.3 Å². The minimum absolute atomic E-state index is 0.0417. The van der Waals surface area contributed by atoms with Gasteiger partial charge in [-0.15, -0.1) is 0 Å². The molecule has 0 spiro atoms. The van der Waals surface area contributed by atoms with Crippen molar-refractivity contribution in [3.63, 3.8) is 0 Å². The number of carbonyl (C=O) groups excluding carboxylic acids is 1. The standard InChI is InChI=1S/C18H23N5O4/c1-22-16(24)10-13(11-19-22)23-8-6-12(7-9-23)20-17(25)14-4-5-15(26-2)21-18(14)27-3/h4-5,10-12H,6-9H2,1-3H3,(H,20,25). The predicted octanol–water partition coefficient (Wildman–Crippen LogP) is 0.591.